The van der Waals surface area contributed by atoms with Crippen LogP contribution in [0.4, 0.5) is 4.39 Å². The molecule has 0 saturated heterocycles. The Labute approximate surface area is 275 Å². The lowest BCUT2D eigenvalue weighted by atomic mass is 10.1. The van der Waals surface area contributed by atoms with Crippen molar-refractivity contribution in [2.24, 2.45) is 5.73 Å². The normalized spacial score (nSPS) is 11.3. The Morgan fingerprint density at radius 1 is 0.745 bits per heavy atom. The van der Waals surface area contributed by atoms with Gasteiger partial charge in [0.15, 0.2) is 11.6 Å². The third kappa shape index (κ3) is 16.3. The lowest BCUT2D eigenvalue weighted by Crippen LogP contribution is -2.22. The highest BCUT2D eigenvalue weighted by molar-refractivity contribution is 5.83. The van der Waals surface area contributed by atoms with E-state index in [2.05, 4.69) is 16.4 Å². The monoisotopic (exact) mass is 661 g/mol. The number of fused-ring (bicyclic) bond motifs is 1. The van der Waals surface area contributed by atoms with Gasteiger partial charge in [-0.05, 0) is 42.2 Å². The molecular formula is C34H48FN3O9. The minimum atomic E-state index is -0.679. The fourth-order valence-corrected chi connectivity index (χ4v) is 4.42. The van der Waals surface area contributed by atoms with Gasteiger partial charge in [-0.1, -0.05) is 24.3 Å². The van der Waals surface area contributed by atoms with E-state index < -0.39 is 11.8 Å². The van der Waals surface area contributed by atoms with Crippen molar-refractivity contribution in [2.45, 2.75) is 32.2 Å². The van der Waals surface area contributed by atoms with Crippen molar-refractivity contribution in [1.82, 2.24) is 10.3 Å². The number of aromatic amines is 1. The zero-order valence-corrected chi connectivity index (χ0v) is 27.0. The van der Waals surface area contributed by atoms with Gasteiger partial charge in [-0.25, -0.2) is 4.39 Å². The number of H-pyrrole nitrogens is 1. The molecule has 0 aliphatic heterocycles. The Morgan fingerprint density at radius 3 is 1.96 bits per heavy atom. The lowest BCUT2D eigenvalue weighted by Gasteiger charge is -2.09. The number of nitrogens with one attached hydrogen (secondary N) is 2. The first-order chi connectivity index (χ1) is 23.1. The van der Waals surface area contributed by atoms with Gasteiger partial charge in [-0.3, -0.25) is 9.59 Å². The molecule has 0 atom stereocenters. The molecule has 47 heavy (non-hydrogen) atoms. The number of benzene rings is 2. The number of nitrogens with two attached hydrogens (primary N) is 1. The van der Waals surface area contributed by atoms with Gasteiger partial charge in [0.25, 0.3) is 0 Å². The quantitative estimate of drug-likeness (QED) is 0.0631. The van der Waals surface area contributed by atoms with E-state index in [0.29, 0.717) is 97.6 Å². The van der Waals surface area contributed by atoms with Crippen molar-refractivity contribution in [2.75, 3.05) is 85.8 Å². The summed E-state index contributed by atoms with van der Waals surface area (Å²) < 4.78 is 51.8. The van der Waals surface area contributed by atoms with Crippen molar-refractivity contribution in [3.8, 4) is 5.75 Å². The highest BCUT2D eigenvalue weighted by atomic mass is 19.1. The second-order valence-electron chi connectivity index (χ2n) is 10.4. The number of hydrogen-bond acceptors (Lipinski definition) is 10. The number of hydrogen-bond donors (Lipinski definition) is 3. The Hall–Kier alpha value is -3.43. The zero-order chi connectivity index (χ0) is 33.4. The molecule has 0 radical (unpaired) electrons. The fourth-order valence-electron chi connectivity index (χ4n) is 4.42. The smallest absolute Gasteiger partial charge is 0.313 e. The summed E-state index contributed by atoms with van der Waals surface area (Å²) in [6, 6.07) is 12.3. The van der Waals surface area contributed by atoms with Crippen LogP contribution in [0.5, 0.6) is 5.75 Å². The molecule has 0 aliphatic rings. The summed E-state index contributed by atoms with van der Waals surface area (Å²) in [6.45, 7) is 5.74. The third-order valence-electron chi connectivity index (χ3n) is 6.81. The summed E-state index contributed by atoms with van der Waals surface area (Å²) in [5, 5.41) is 3.98. The molecule has 4 N–H and O–H groups in total. The van der Waals surface area contributed by atoms with Crippen molar-refractivity contribution in [1.29, 1.82) is 0 Å². The standard InChI is InChI=1S/C34H48FN3O9/c35-30-24-27(25-38-33(39)7-3-4-28-26-37-31-6-2-1-5-29(28)31)8-9-32(30)47-34(40)10-12-41-14-16-43-18-20-45-22-23-46-21-19-44-17-15-42-13-11-36/h1-2,5-6,8-9,24,26,37H,3-4,7,10-23,25,36H2,(H,38,39). The van der Waals surface area contributed by atoms with Gasteiger partial charge in [0.2, 0.25) is 5.91 Å². The first-order valence-corrected chi connectivity index (χ1v) is 16.0. The maximum Gasteiger partial charge on any atom is 0.313 e. The predicted octanol–water partition coefficient (Wildman–Crippen LogP) is 3.30. The Bertz CT molecular complexity index is 1310. The predicted molar refractivity (Wildman–Crippen MR) is 174 cm³/mol. The Kier molecular flexibility index (Phi) is 19.3. The Balaban J connectivity index is 1.13. The maximum atomic E-state index is 14.5. The zero-order valence-electron chi connectivity index (χ0n) is 27.0. The number of amides is 1. The summed E-state index contributed by atoms with van der Waals surface area (Å²) in [7, 11) is 0. The molecule has 12 nitrogen and oxygen atoms in total. The van der Waals surface area contributed by atoms with Crippen molar-refractivity contribution in [3.05, 3.63) is 65.6 Å². The van der Waals surface area contributed by atoms with E-state index in [1.807, 2.05) is 24.4 Å². The van der Waals surface area contributed by atoms with Crippen molar-refractivity contribution < 1.29 is 47.1 Å². The van der Waals surface area contributed by atoms with E-state index in [1.165, 1.54) is 17.7 Å². The molecule has 0 fully saturated rings. The summed E-state index contributed by atoms with van der Waals surface area (Å²) in [6.07, 6.45) is 3.79. The van der Waals surface area contributed by atoms with E-state index in [0.717, 1.165) is 17.3 Å². The summed E-state index contributed by atoms with van der Waals surface area (Å²) in [5.74, 6) is -1.57. The number of para-hydroxylation sites is 1. The SMILES string of the molecule is NCCOCCOCCOCCOCCOCCOCCC(=O)Oc1ccc(CNC(=O)CCCc2c[nH]c3ccccc23)cc1F. The molecule has 1 heterocycles. The van der Waals surface area contributed by atoms with E-state index in [-0.39, 0.29) is 31.2 Å². The summed E-state index contributed by atoms with van der Waals surface area (Å²) in [4.78, 5) is 27.6. The number of carbonyl (C=O) groups excluding carboxylic acids is 2. The molecule has 0 saturated carbocycles. The topological polar surface area (TPSA) is 153 Å². The largest absolute Gasteiger partial charge is 0.423 e. The van der Waals surface area contributed by atoms with E-state index in [9.17, 15) is 14.0 Å². The lowest BCUT2D eigenvalue weighted by molar-refractivity contribution is -0.136. The van der Waals surface area contributed by atoms with Gasteiger partial charge in [-0.15, -0.1) is 0 Å². The number of aryl methyl sites for hydroxylation is 1. The highest BCUT2D eigenvalue weighted by Crippen LogP contribution is 2.20. The fraction of sp³-hybridized carbons (Fsp3) is 0.529. The van der Waals surface area contributed by atoms with Gasteiger partial charge in [0.1, 0.15) is 0 Å². The molecule has 0 unspecified atom stereocenters. The van der Waals surface area contributed by atoms with Crippen LogP contribution in [0, 0.1) is 5.82 Å². The van der Waals surface area contributed by atoms with Crippen LogP contribution in [-0.2, 0) is 51.0 Å². The molecule has 3 aromatic rings. The van der Waals surface area contributed by atoms with Gasteiger partial charge in [0.05, 0.1) is 85.7 Å². The molecule has 0 spiro atoms. The summed E-state index contributed by atoms with van der Waals surface area (Å²) >= 11 is 0. The van der Waals surface area contributed by atoms with Gasteiger partial charge in [0, 0.05) is 36.6 Å². The van der Waals surface area contributed by atoms with Crippen LogP contribution in [0.2, 0.25) is 0 Å². The summed E-state index contributed by atoms with van der Waals surface area (Å²) in [5.41, 5.74) is 8.15. The molecule has 0 aliphatic carbocycles. The number of ether oxygens (including phenoxy) is 7. The molecule has 260 valence electrons. The third-order valence-corrected chi connectivity index (χ3v) is 6.81. The number of esters is 1. The number of carbonyl (C=O) groups is 2. The highest BCUT2D eigenvalue weighted by Gasteiger charge is 2.12. The average Bonchev–Trinajstić information content (AvgIpc) is 3.49. The Morgan fingerprint density at radius 2 is 1.34 bits per heavy atom. The van der Waals surface area contributed by atoms with E-state index >= 15 is 0 Å². The molecular weight excluding hydrogens is 613 g/mol. The van der Waals surface area contributed by atoms with E-state index in [4.69, 9.17) is 38.9 Å². The first-order valence-electron chi connectivity index (χ1n) is 16.0. The van der Waals surface area contributed by atoms with Crippen molar-refractivity contribution in [3.63, 3.8) is 0 Å². The molecule has 1 aromatic heterocycles. The van der Waals surface area contributed by atoms with Crippen LogP contribution >= 0.6 is 0 Å². The second-order valence-corrected chi connectivity index (χ2v) is 10.4. The molecule has 3 rings (SSSR count). The molecule has 13 heteroatoms. The molecule has 0 bridgehead atoms. The van der Waals surface area contributed by atoms with Gasteiger partial charge < -0.3 is 49.2 Å². The minimum absolute atomic E-state index is 0.0357. The van der Waals surface area contributed by atoms with Gasteiger partial charge in [-0.2, -0.15) is 0 Å². The molecule has 2 aromatic carbocycles. The first kappa shape index (κ1) is 38.0. The second kappa shape index (κ2) is 23.8. The maximum absolute atomic E-state index is 14.5. The van der Waals surface area contributed by atoms with Crippen LogP contribution in [0.25, 0.3) is 10.9 Å². The van der Waals surface area contributed by atoms with Gasteiger partial charge >= 0.3 is 5.97 Å². The van der Waals surface area contributed by atoms with E-state index in [1.54, 1.807) is 6.07 Å². The van der Waals surface area contributed by atoms with Crippen LogP contribution in [0.3, 0.4) is 0 Å². The van der Waals surface area contributed by atoms with Crippen LogP contribution in [-0.4, -0.2) is 103 Å². The van der Waals surface area contributed by atoms with Crippen LogP contribution in [0.15, 0.2) is 48.7 Å². The van der Waals surface area contributed by atoms with Crippen molar-refractivity contribution >= 4 is 22.8 Å². The van der Waals surface area contributed by atoms with Crippen LogP contribution < -0.4 is 15.8 Å². The number of aromatic nitrogens is 1. The number of halogens is 1. The van der Waals surface area contributed by atoms with Crippen LogP contribution in [0.1, 0.15) is 30.4 Å². The number of rotatable bonds is 27. The molecule has 1 amide bonds. The average molecular weight is 662 g/mol. The minimum Gasteiger partial charge on any atom is -0.423 e.